The molecule has 2 fully saturated rings. The molecule has 0 radical (unpaired) electrons. The Morgan fingerprint density at radius 2 is 1.81 bits per heavy atom. The third kappa shape index (κ3) is 2.78. The van der Waals surface area contributed by atoms with Crippen molar-refractivity contribution in [1.29, 1.82) is 0 Å². The molecule has 1 aliphatic heterocycles. The van der Waals surface area contributed by atoms with Gasteiger partial charge < -0.3 is 5.11 Å². The lowest BCUT2D eigenvalue weighted by molar-refractivity contribution is 0.0147. The highest BCUT2D eigenvalue weighted by Crippen LogP contribution is 2.36. The van der Waals surface area contributed by atoms with E-state index in [4.69, 9.17) is 0 Å². The number of hydrogen-bond donors (Lipinski definition) is 1. The Morgan fingerprint density at radius 1 is 1.12 bits per heavy atom. The lowest BCUT2D eigenvalue weighted by Gasteiger charge is -2.47. The van der Waals surface area contributed by atoms with Crippen molar-refractivity contribution in [3.05, 3.63) is 0 Å². The minimum atomic E-state index is -0.154. The van der Waals surface area contributed by atoms with E-state index in [0.29, 0.717) is 6.04 Å². The molecule has 0 aromatic carbocycles. The van der Waals surface area contributed by atoms with Crippen LogP contribution in [-0.2, 0) is 0 Å². The first-order valence-electron chi connectivity index (χ1n) is 7.12. The van der Waals surface area contributed by atoms with E-state index in [9.17, 15) is 5.11 Å². The number of rotatable bonds is 3. The van der Waals surface area contributed by atoms with Gasteiger partial charge in [-0.3, -0.25) is 4.90 Å². The van der Waals surface area contributed by atoms with Gasteiger partial charge in [0.15, 0.2) is 0 Å². The number of aliphatic hydroxyl groups excluding tert-OH is 1. The van der Waals surface area contributed by atoms with E-state index in [-0.39, 0.29) is 6.10 Å². The fourth-order valence-corrected chi connectivity index (χ4v) is 3.84. The smallest absolute Gasteiger partial charge is 0.0526 e. The summed E-state index contributed by atoms with van der Waals surface area (Å²) in [7, 11) is 0. The molecule has 1 aliphatic carbocycles. The Morgan fingerprint density at radius 3 is 2.56 bits per heavy atom. The SMILES string of the molecule is CC(O)CC(C)N1CCC[C@H]2CCCC[C@H]21. The molecule has 0 aromatic rings. The third-order valence-electron chi connectivity index (χ3n) is 4.53. The molecule has 4 atom stereocenters. The van der Waals surface area contributed by atoms with Gasteiger partial charge in [0.25, 0.3) is 0 Å². The summed E-state index contributed by atoms with van der Waals surface area (Å²) in [6.45, 7) is 5.47. The van der Waals surface area contributed by atoms with Crippen LogP contribution in [0.5, 0.6) is 0 Å². The molecule has 1 saturated heterocycles. The van der Waals surface area contributed by atoms with Crippen LogP contribution in [0.15, 0.2) is 0 Å². The second kappa shape index (κ2) is 5.50. The van der Waals surface area contributed by atoms with Crippen molar-refractivity contribution in [1.82, 2.24) is 4.90 Å². The van der Waals surface area contributed by atoms with Crippen molar-refractivity contribution in [3.63, 3.8) is 0 Å². The first-order chi connectivity index (χ1) is 7.68. The molecule has 1 heterocycles. The molecule has 0 aromatic heterocycles. The van der Waals surface area contributed by atoms with Crippen molar-refractivity contribution >= 4 is 0 Å². The number of fused-ring (bicyclic) bond motifs is 1. The molecular weight excluding hydrogens is 198 g/mol. The Balaban J connectivity index is 1.96. The second-order valence-electron chi connectivity index (χ2n) is 5.93. The zero-order valence-corrected chi connectivity index (χ0v) is 10.9. The maximum absolute atomic E-state index is 9.52. The van der Waals surface area contributed by atoms with Crippen LogP contribution >= 0.6 is 0 Å². The van der Waals surface area contributed by atoms with Gasteiger partial charge in [0, 0.05) is 12.1 Å². The first kappa shape index (κ1) is 12.4. The topological polar surface area (TPSA) is 23.5 Å². The normalized spacial score (nSPS) is 35.4. The average Bonchev–Trinajstić information content (AvgIpc) is 2.27. The number of hydrogen-bond acceptors (Lipinski definition) is 2. The van der Waals surface area contributed by atoms with Crippen molar-refractivity contribution in [2.75, 3.05) is 6.54 Å². The summed E-state index contributed by atoms with van der Waals surface area (Å²) in [4.78, 5) is 2.69. The van der Waals surface area contributed by atoms with Crippen molar-refractivity contribution in [2.45, 2.75) is 77.0 Å². The molecule has 2 heteroatoms. The monoisotopic (exact) mass is 225 g/mol. The van der Waals surface area contributed by atoms with Gasteiger partial charge in [-0.15, -0.1) is 0 Å². The quantitative estimate of drug-likeness (QED) is 0.798. The molecule has 2 rings (SSSR count). The minimum Gasteiger partial charge on any atom is -0.393 e. The molecule has 2 unspecified atom stereocenters. The van der Waals surface area contributed by atoms with Gasteiger partial charge in [-0.2, -0.15) is 0 Å². The Kier molecular flexibility index (Phi) is 4.26. The van der Waals surface area contributed by atoms with Crippen LogP contribution in [0.25, 0.3) is 0 Å². The van der Waals surface area contributed by atoms with E-state index >= 15 is 0 Å². The van der Waals surface area contributed by atoms with Gasteiger partial charge in [0.2, 0.25) is 0 Å². The molecule has 0 bridgehead atoms. The Bertz CT molecular complexity index is 215. The maximum Gasteiger partial charge on any atom is 0.0526 e. The highest BCUT2D eigenvalue weighted by atomic mass is 16.3. The van der Waals surface area contributed by atoms with Crippen LogP contribution in [0.2, 0.25) is 0 Å². The van der Waals surface area contributed by atoms with E-state index in [1.54, 1.807) is 0 Å². The number of aliphatic hydroxyl groups is 1. The van der Waals surface area contributed by atoms with E-state index in [0.717, 1.165) is 18.4 Å². The lowest BCUT2D eigenvalue weighted by Crippen LogP contribution is -2.51. The Labute approximate surface area is 100 Å². The molecule has 1 N–H and O–H groups in total. The highest BCUT2D eigenvalue weighted by molar-refractivity contribution is 4.89. The molecule has 16 heavy (non-hydrogen) atoms. The van der Waals surface area contributed by atoms with Crippen LogP contribution in [0, 0.1) is 5.92 Å². The van der Waals surface area contributed by atoms with E-state index in [2.05, 4.69) is 11.8 Å². The van der Waals surface area contributed by atoms with Crippen LogP contribution in [0.3, 0.4) is 0 Å². The first-order valence-corrected chi connectivity index (χ1v) is 7.12. The lowest BCUT2D eigenvalue weighted by atomic mass is 9.77. The van der Waals surface area contributed by atoms with Crippen molar-refractivity contribution in [3.8, 4) is 0 Å². The van der Waals surface area contributed by atoms with E-state index in [1.165, 1.54) is 45.1 Å². The summed E-state index contributed by atoms with van der Waals surface area (Å²) in [5.41, 5.74) is 0. The average molecular weight is 225 g/mol. The maximum atomic E-state index is 9.52. The zero-order chi connectivity index (χ0) is 11.5. The molecule has 1 saturated carbocycles. The summed E-state index contributed by atoms with van der Waals surface area (Å²) < 4.78 is 0. The number of nitrogens with zero attached hydrogens (tertiary/aromatic N) is 1. The molecule has 2 aliphatic rings. The van der Waals surface area contributed by atoms with Gasteiger partial charge in [-0.25, -0.2) is 0 Å². The fourth-order valence-electron chi connectivity index (χ4n) is 3.84. The van der Waals surface area contributed by atoms with Crippen LogP contribution in [0.1, 0.15) is 58.8 Å². The van der Waals surface area contributed by atoms with Crippen LogP contribution in [-0.4, -0.2) is 34.7 Å². The number of piperidine rings is 1. The van der Waals surface area contributed by atoms with Crippen molar-refractivity contribution < 1.29 is 5.11 Å². The Hall–Kier alpha value is -0.0800. The second-order valence-corrected chi connectivity index (χ2v) is 5.93. The summed E-state index contributed by atoms with van der Waals surface area (Å²) in [6, 6.07) is 1.39. The standard InChI is InChI=1S/C14H27NO/c1-11(10-12(2)16)15-9-5-7-13-6-3-4-8-14(13)15/h11-14,16H,3-10H2,1-2H3/t11?,12?,13-,14-/m1/s1. The summed E-state index contributed by atoms with van der Waals surface area (Å²) in [5.74, 6) is 0.957. The van der Waals surface area contributed by atoms with Gasteiger partial charge in [-0.05, 0) is 58.4 Å². The molecule has 0 amide bonds. The zero-order valence-electron chi connectivity index (χ0n) is 10.9. The summed E-state index contributed by atoms with van der Waals surface area (Å²) in [5, 5.41) is 9.52. The molecule has 0 spiro atoms. The minimum absolute atomic E-state index is 0.154. The predicted octanol–water partition coefficient (Wildman–Crippen LogP) is 2.80. The largest absolute Gasteiger partial charge is 0.393 e. The van der Waals surface area contributed by atoms with Gasteiger partial charge >= 0.3 is 0 Å². The van der Waals surface area contributed by atoms with Crippen LogP contribution in [0.4, 0.5) is 0 Å². The predicted molar refractivity (Wildman–Crippen MR) is 67.4 cm³/mol. The molecule has 94 valence electrons. The molecular formula is C14H27NO. The summed E-state index contributed by atoms with van der Waals surface area (Å²) >= 11 is 0. The van der Waals surface area contributed by atoms with Gasteiger partial charge in [0.1, 0.15) is 0 Å². The van der Waals surface area contributed by atoms with Gasteiger partial charge in [-0.1, -0.05) is 12.8 Å². The third-order valence-corrected chi connectivity index (χ3v) is 4.53. The number of likely N-dealkylation sites (tertiary alicyclic amines) is 1. The highest BCUT2D eigenvalue weighted by Gasteiger charge is 2.35. The fraction of sp³-hybridized carbons (Fsp3) is 1.00. The summed E-state index contributed by atoms with van der Waals surface area (Å²) in [6.07, 6.45) is 9.30. The van der Waals surface area contributed by atoms with Crippen molar-refractivity contribution in [2.24, 2.45) is 5.92 Å². The van der Waals surface area contributed by atoms with E-state index in [1.807, 2.05) is 6.92 Å². The van der Waals surface area contributed by atoms with Crippen LogP contribution < -0.4 is 0 Å². The van der Waals surface area contributed by atoms with Gasteiger partial charge in [0.05, 0.1) is 6.10 Å². The molecule has 2 nitrogen and oxygen atoms in total. The van der Waals surface area contributed by atoms with E-state index < -0.39 is 0 Å².